The number of anilines is 1. The molecule has 140 valence electrons. The lowest BCUT2D eigenvalue weighted by atomic mass is 10.2. The number of rotatable bonds is 6. The second-order valence-electron chi connectivity index (χ2n) is 5.76. The lowest BCUT2D eigenvalue weighted by Crippen LogP contribution is -2.30. The molecular weight excluding hydrogens is 405 g/mol. The molecule has 0 fully saturated rings. The van der Waals surface area contributed by atoms with Crippen LogP contribution in [0, 0.1) is 0 Å². The Morgan fingerprint density at radius 3 is 2.19 bits per heavy atom. The normalized spacial score (nSPS) is 11.2. The van der Waals surface area contributed by atoms with Gasteiger partial charge in [0.15, 0.2) is 0 Å². The Hall–Kier alpha value is -2.21. The molecule has 0 atom stereocenters. The fourth-order valence-corrected chi connectivity index (χ4v) is 4.52. The summed E-state index contributed by atoms with van der Waals surface area (Å²) in [4.78, 5) is 0.200. The third-order valence-corrected chi connectivity index (χ3v) is 6.40. The number of benzene rings is 3. The highest BCUT2D eigenvalue weighted by Crippen LogP contribution is 2.30. The van der Waals surface area contributed by atoms with Crippen LogP contribution < -0.4 is 9.04 Å². The molecule has 7 heteroatoms. The number of methoxy groups -OCH3 is 1. The zero-order chi connectivity index (χ0) is 19.4. The van der Waals surface area contributed by atoms with Crippen LogP contribution in [0.5, 0.6) is 5.75 Å². The number of hydrogen-bond acceptors (Lipinski definition) is 3. The maximum atomic E-state index is 13.3. The van der Waals surface area contributed by atoms with Crippen LogP contribution in [-0.2, 0) is 16.6 Å². The first-order valence-electron chi connectivity index (χ1n) is 8.07. The molecule has 4 nitrogen and oxygen atoms in total. The standard InChI is InChI=1S/C20H17Cl2NO3S/c1-26-18-11-9-17(10-12-18)23(14-15-7-8-16(21)13-20(15)22)27(24,25)19-5-3-2-4-6-19/h2-13H,14H2,1H3. The summed E-state index contributed by atoms with van der Waals surface area (Å²) in [6.07, 6.45) is 0. The zero-order valence-electron chi connectivity index (χ0n) is 14.5. The molecule has 0 N–H and O–H groups in total. The first kappa shape index (κ1) is 19.5. The zero-order valence-corrected chi connectivity index (χ0v) is 16.8. The minimum Gasteiger partial charge on any atom is -0.497 e. The summed E-state index contributed by atoms with van der Waals surface area (Å²) in [5.74, 6) is 0.639. The largest absolute Gasteiger partial charge is 0.497 e. The summed E-state index contributed by atoms with van der Waals surface area (Å²) in [5, 5.41) is 0.898. The van der Waals surface area contributed by atoms with E-state index in [0.717, 1.165) is 0 Å². The van der Waals surface area contributed by atoms with Gasteiger partial charge in [-0.2, -0.15) is 0 Å². The molecule has 0 saturated heterocycles. The Balaban J connectivity index is 2.08. The molecule has 0 unspecified atom stereocenters. The van der Waals surface area contributed by atoms with Gasteiger partial charge >= 0.3 is 0 Å². The van der Waals surface area contributed by atoms with Crippen molar-refractivity contribution in [1.82, 2.24) is 0 Å². The number of sulfonamides is 1. The lowest BCUT2D eigenvalue weighted by Gasteiger charge is -2.25. The molecule has 0 aliphatic rings. The van der Waals surface area contributed by atoms with Crippen LogP contribution >= 0.6 is 23.2 Å². The van der Waals surface area contributed by atoms with Gasteiger partial charge < -0.3 is 4.74 Å². The van der Waals surface area contributed by atoms with Gasteiger partial charge in [0.05, 0.1) is 24.2 Å². The summed E-state index contributed by atoms with van der Waals surface area (Å²) in [6.45, 7) is 0.0690. The van der Waals surface area contributed by atoms with E-state index in [1.54, 1.807) is 79.9 Å². The summed E-state index contributed by atoms with van der Waals surface area (Å²) < 4.78 is 33.1. The monoisotopic (exact) mass is 421 g/mol. The SMILES string of the molecule is COc1ccc(N(Cc2ccc(Cl)cc2Cl)S(=O)(=O)c2ccccc2)cc1. The van der Waals surface area contributed by atoms with Gasteiger partial charge in [-0.05, 0) is 54.1 Å². The summed E-state index contributed by atoms with van der Waals surface area (Å²) in [5.41, 5.74) is 1.15. The van der Waals surface area contributed by atoms with Crippen molar-refractivity contribution in [1.29, 1.82) is 0 Å². The highest BCUT2D eigenvalue weighted by molar-refractivity contribution is 7.92. The van der Waals surface area contributed by atoms with Crippen molar-refractivity contribution in [3.05, 3.63) is 88.4 Å². The lowest BCUT2D eigenvalue weighted by molar-refractivity contribution is 0.415. The Labute approximate surface area is 169 Å². The molecule has 0 spiro atoms. The van der Waals surface area contributed by atoms with E-state index >= 15 is 0 Å². The molecule has 0 heterocycles. The van der Waals surface area contributed by atoms with E-state index in [1.165, 1.54) is 4.31 Å². The van der Waals surface area contributed by atoms with Crippen LogP contribution in [-0.4, -0.2) is 15.5 Å². The molecule has 0 bridgehead atoms. The van der Waals surface area contributed by atoms with E-state index in [-0.39, 0.29) is 11.4 Å². The average Bonchev–Trinajstić information content (AvgIpc) is 2.68. The average molecular weight is 422 g/mol. The summed E-state index contributed by atoms with van der Waals surface area (Å²) >= 11 is 12.2. The van der Waals surface area contributed by atoms with Crippen LogP contribution in [0.4, 0.5) is 5.69 Å². The van der Waals surface area contributed by atoms with E-state index in [0.29, 0.717) is 27.0 Å². The number of hydrogen-bond donors (Lipinski definition) is 0. The van der Waals surface area contributed by atoms with Gasteiger partial charge in [-0.25, -0.2) is 8.42 Å². The first-order valence-corrected chi connectivity index (χ1v) is 10.3. The van der Waals surface area contributed by atoms with Gasteiger partial charge in [0.25, 0.3) is 10.0 Å². The van der Waals surface area contributed by atoms with Gasteiger partial charge in [-0.15, -0.1) is 0 Å². The molecule has 3 rings (SSSR count). The van der Waals surface area contributed by atoms with Gasteiger partial charge in [0.2, 0.25) is 0 Å². The van der Waals surface area contributed by atoms with Crippen LogP contribution in [0.2, 0.25) is 10.0 Å². The fraction of sp³-hybridized carbons (Fsp3) is 0.100. The third-order valence-electron chi connectivity index (χ3n) is 4.02. The van der Waals surface area contributed by atoms with Crippen LogP contribution in [0.15, 0.2) is 77.7 Å². The fourth-order valence-electron chi connectivity index (χ4n) is 2.59. The quantitative estimate of drug-likeness (QED) is 0.535. The molecule has 0 amide bonds. The number of nitrogens with zero attached hydrogens (tertiary/aromatic N) is 1. The minimum atomic E-state index is -3.80. The van der Waals surface area contributed by atoms with E-state index in [9.17, 15) is 8.42 Å². The van der Waals surface area contributed by atoms with E-state index in [2.05, 4.69) is 0 Å². The molecular formula is C20H17Cl2NO3S. The van der Waals surface area contributed by atoms with Crippen molar-refractivity contribution in [2.24, 2.45) is 0 Å². The van der Waals surface area contributed by atoms with Gasteiger partial charge in [0.1, 0.15) is 5.75 Å². The van der Waals surface area contributed by atoms with Crippen molar-refractivity contribution in [2.45, 2.75) is 11.4 Å². The molecule has 0 radical (unpaired) electrons. The Morgan fingerprint density at radius 1 is 0.926 bits per heavy atom. The third kappa shape index (κ3) is 4.38. The molecule has 0 aliphatic carbocycles. The molecule has 0 aliphatic heterocycles. The summed E-state index contributed by atoms with van der Waals surface area (Å²) in [7, 11) is -2.24. The number of halogens is 2. The van der Waals surface area contributed by atoms with Crippen molar-refractivity contribution in [3.8, 4) is 5.75 Å². The van der Waals surface area contributed by atoms with Crippen LogP contribution in [0.25, 0.3) is 0 Å². The van der Waals surface area contributed by atoms with E-state index in [4.69, 9.17) is 27.9 Å². The molecule has 3 aromatic carbocycles. The highest BCUT2D eigenvalue weighted by Gasteiger charge is 2.25. The number of ether oxygens (including phenoxy) is 1. The van der Waals surface area contributed by atoms with Crippen molar-refractivity contribution >= 4 is 38.9 Å². The van der Waals surface area contributed by atoms with Crippen LogP contribution in [0.1, 0.15) is 5.56 Å². The van der Waals surface area contributed by atoms with E-state index in [1.807, 2.05) is 0 Å². The molecule has 0 aromatic heterocycles. The first-order chi connectivity index (χ1) is 12.9. The van der Waals surface area contributed by atoms with Crippen molar-refractivity contribution in [2.75, 3.05) is 11.4 Å². The predicted octanol–water partition coefficient (Wildman–Crippen LogP) is 5.40. The van der Waals surface area contributed by atoms with Gasteiger partial charge in [-0.1, -0.05) is 47.5 Å². The van der Waals surface area contributed by atoms with Crippen molar-refractivity contribution < 1.29 is 13.2 Å². The Morgan fingerprint density at radius 2 is 1.59 bits per heavy atom. The molecule has 27 heavy (non-hydrogen) atoms. The van der Waals surface area contributed by atoms with Gasteiger partial charge in [0, 0.05) is 10.0 Å². The Bertz CT molecular complexity index is 1020. The second-order valence-corrected chi connectivity index (χ2v) is 8.46. The molecule has 0 saturated carbocycles. The Kier molecular flexibility index (Phi) is 5.95. The van der Waals surface area contributed by atoms with Crippen molar-refractivity contribution in [3.63, 3.8) is 0 Å². The maximum absolute atomic E-state index is 13.3. The summed E-state index contributed by atoms with van der Waals surface area (Å²) in [6, 6.07) is 20.1. The van der Waals surface area contributed by atoms with Crippen LogP contribution in [0.3, 0.4) is 0 Å². The highest BCUT2D eigenvalue weighted by atomic mass is 35.5. The van der Waals surface area contributed by atoms with Gasteiger partial charge in [-0.3, -0.25) is 4.31 Å². The second kappa shape index (κ2) is 8.21. The minimum absolute atomic E-state index is 0.0690. The predicted molar refractivity (Wildman–Crippen MR) is 109 cm³/mol. The topological polar surface area (TPSA) is 46.6 Å². The maximum Gasteiger partial charge on any atom is 0.264 e. The molecule has 3 aromatic rings. The smallest absolute Gasteiger partial charge is 0.264 e. The van der Waals surface area contributed by atoms with E-state index < -0.39 is 10.0 Å².